The highest BCUT2D eigenvalue weighted by Gasteiger charge is 1.51. The van der Waals surface area contributed by atoms with Gasteiger partial charge in [-0.25, -0.2) is 0 Å². The van der Waals surface area contributed by atoms with Crippen LogP contribution in [0.3, 0.4) is 0 Å². The lowest BCUT2D eigenvalue weighted by Crippen LogP contribution is -1.43. The smallest absolute Gasteiger partial charge is 0.0537 e. The van der Waals surface area contributed by atoms with Crippen molar-refractivity contribution < 1.29 is 5.48 Å². The van der Waals surface area contributed by atoms with Gasteiger partial charge in [0.15, 0.2) is 0 Å². The SMILES string of the molecule is [2H]C([2H])=C(C)C([2H])[2H]. The lowest BCUT2D eigenvalue weighted by molar-refractivity contribution is 1.42. The summed E-state index contributed by atoms with van der Waals surface area (Å²) in [5.74, 6) is 0. The van der Waals surface area contributed by atoms with E-state index in [1.165, 1.54) is 6.92 Å². The molecule has 0 aliphatic heterocycles. The average Bonchev–Trinajstić information content (AvgIpc) is 1.64. The molecule has 0 aromatic rings. The highest BCUT2D eigenvalue weighted by atomic mass is 13.6. The van der Waals surface area contributed by atoms with E-state index in [0.29, 0.717) is 0 Å². The zero-order valence-electron chi connectivity index (χ0n) is 6.58. The summed E-state index contributed by atoms with van der Waals surface area (Å²) in [5, 5.41) is 0. The zero-order valence-corrected chi connectivity index (χ0v) is 2.58. The molecule has 0 aliphatic carbocycles. The summed E-state index contributed by atoms with van der Waals surface area (Å²) in [6.07, 6.45) is 0. The molecular formula is C4H8. The van der Waals surface area contributed by atoms with Crippen LogP contribution in [0.25, 0.3) is 0 Å². The van der Waals surface area contributed by atoms with Crippen LogP contribution in [0.2, 0.25) is 0 Å². The summed E-state index contributed by atoms with van der Waals surface area (Å²) in [7, 11) is 0. The predicted molar refractivity (Wildman–Crippen MR) is 20.5 cm³/mol. The van der Waals surface area contributed by atoms with Gasteiger partial charge in [0.1, 0.15) is 0 Å². The summed E-state index contributed by atoms with van der Waals surface area (Å²) >= 11 is 0. The minimum Gasteiger partial charge on any atom is -0.100 e. The Bertz CT molecular complexity index is 101. The maximum absolute atomic E-state index is 6.68. The van der Waals surface area contributed by atoms with Gasteiger partial charge in [-0.2, -0.15) is 0 Å². The standard InChI is InChI=1S/C4H8/c1-4(2)3/h1H2,2-3H3/i1D2,2D2. The van der Waals surface area contributed by atoms with E-state index in [1.54, 1.807) is 0 Å². The Morgan fingerprint density at radius 1 is 2.50 bits per heavy atom. The number of rotatable bonds is 0. The Morgan fingerprint density at radius 2 is 3.25 bits per heavy atom. The Hall–Kier alpha value is -0.260. The van der Waals surface area contributed by atoms with E-state index in [9.17, 15) is 0 Å². The van der Waals surface area contributed by atoms with Crippen molar-refractivity contribution in [1.82, 2.24) is 0 Å². The van der Waals surface area contributed by atoms with Crippen LogP contribution in [0.5, 0.6) is 0 Å². The normalized spacial score (nSPS) is 20.5. The third-order valence-electron chi connectivity index (χ3n) is 0. The molecule has 4 heavy (non-hydrogen) atoms. The van der Waals surface area contributed by atoms with Gasteiger partial charge >= 0.3 is 0 Å². The van der Waals surface area contributed by atoms with Crippen molar-refractivity contribution in [2.45, 2.75) is 13.8 Å². The second-order valence-corrected chi connectivity index (χ2v) is 0.683. The molecule has 0 N–H and O–H groups in total. The lowest BCUT2D eigenvalue weighted by Gasteiger charge is -1.65. The van der Waals surface area contributed by atoms with Gasteiger partial charge in [-0.15, -0.1) is 6.53 Å². The van der Waals surface area contributed by atoms with Gasteiger partial charge in [0.2, 0.25) is 0 Å². The molecule has 0 bridgehead atoms. The summed E-state index contributed by atoms with van der Waals surface area (Å²) < 4.78 is 26.6. The third kappa shape index (κ3) is 14.1. The first-order chi connectivity index (χ1) is 3.55. The molecular weight excluding hydrogens is 48.0 g/mol. The van der Waals surface area contributed by atoms with E-state index in [0.717, 1.165) is 0 Å². The monoisotopic (exact) mass is 60.1 g/mol. The summed E-state index contributed by atoms with van der Waals surface area (Å²) in [6, 6.07) is 0. The summed E-state index contributed by atoms with van der Waals surface area (Å²) in [6.45, 7) is -0.125. The van der Waals surface area contributed by atoms with Crippen LogP contribution < -0.4 is 0 Å². The molecule has 0 unspecified atom stereocenters. The highest BCUT2D eigenvalue weighted by Crippen LogP contribution is 1.73. The van der Waals surface area contributed by atoms with Crippen molar-refractivity contribution in [2.24, 2.45) is 0 Å². The fraction of sp³-hybridized carbons (Fsp3) is 0.500. The van der Waals surface area contributed by atoms with Crippen molar-refractivity contribution >= 4 is 0 Å². The lowest BCUT2D eigenvalue weighted by atomic mass is 10.4. The molecule has 0 heterocycles. The molecule has 0 heteroatoms. The Balaban J connectivity index is 4.00. The van der Waals surface area contributed by atoms with Crippen LogP contribution in [-0.2, 0) is 0 Å². The molecule has 0 saturated heterocycles. The second-order valence-electron chi connectivity index (χ2n) is 0.683. The van der Waals surface area contributed by atoms with Crippen LogP contribution >= 0.6 is 0 Å². The largest absolute Gasteiger partial charge is 0.100 e. The molecule has 0 saturated carbocycles. The summed E-state index contributed by atoms with van der Waals surface area (Å²) in [5.41, 5.74) is 0.185. The van der Waals surface area contributed by atoms with Crippen LogP contribution in [0.1, 0.15) is 19.3 Å². The maximum atomic E-state index is 6.68. The van der Waals surface area contributed by atoms with E-state index in [2.05, 4.69) is 0 Å². The first kappa shape index (κ1) is 0.618. The minimum atomic E-state index is -1.15. The van der Waals surface area contributed by atoms with Crippen molar-refractivity contribution in [3.63, 3.8) is 0 Å². The second kappa shape index (κ2) is 1.10. The van der Waals surface area contributed by atoms with Crippen LogP contribution in [0, 0.1) is 0 Å². The Labute approximate surface area is 32.8 Å². The van der Waals surface area contributed by atoms with Crippen LogP contribution in [-0.4, -0.2) is 0 Å². The van der Waals surface area contributed by atoms with Crippen LogP contribution in [0.4, 0.5) is 0 Å². The van der Waals surface area contributed by atoms with E-state index < -0.39 is 13.4 Å². The third-order valence-corrected chi connectivity index (χ3v) is 0. The first-order valence-corrected chi connectivity index (χ1v) is 1.04. The van der Waals surface area contributed by atoms with Gasteiger partial charge in [0.25, 0.3) is 0 Å². The molecule has 0 rings (SSSR count). The Morgan fingerprint density at radius 3 is 3.25 bits per heavy atom. The van der Waals surface area contributed by atoms with Crippen molar-refractivity contribution in [3.8, 4) is 0 Å². The average molecular weight is 60.1 g/mol. The molecule has 0 aliphatic rings. The fourth-order valence-electron chi connectivity index (χ4n) is 0. The van der Waals surface area contributed by atoms with Gasteiger partial charge in [0, 0.05) is 2.74 Å². The van der Waals surface area contributed by atoms with Gasteiger partial charge < -0.3 is 0 Å². The topological polar surface area (TPSA) is 0 Å². The van der Waals surface area contributed by atoms with Gasteiger partial charge in [-0.05, 0) is 13.8 Å². The molecule has 0 nitrogen and oxygen atoms in total. The number of allylic oxidation sites excluding steroid dienone is 1. The molecule has 0 aromatic heterocycles. The number of hydrogen-bond acceptors (Lipinski definition) is 0. The van der Waals surface area contributed by atoms with Gasteiger partial charge in [-0.3, -0.25) is 0 Å². The molecule has 0 atom stereocenters. The maximum Gasteiger partial charge on any atom is 0.0537 e. The van der Waals surface area contributed by atoms with E-state index in [-0.39, 0.29) is 5.57 Å². The van der Waals surface area contributed by atoms with Gasteiger partial charge in [0.05, 0.1) is 2.74 Å². The predicted octanol–water partition coefficient (Wildman–Crippen LogP) is 1.58. The Kier molecular flexibility index (Phi) is 0.171. The first-order valence-electron chi connectivity index (χ1n) is 3.19. The van der Waals surface area contributed by atoms with Crippen molar-refractivity contribution in [1.29, 1.82) is 0 Å². The molecule has 0 aromatic carbocycles. The quantitative estimate of drug-likeness (QED) is 0.372. The molecule has 24 valence electrons. The molecule has 0 fully saturated rings. The van der Waals surface area contributed by atoms with E-state index >= 15 is 0 Å². The van der Waals surface area contributed by atoms with Crippen molar-refractivity contribution in [2.75, 3.05) is 0 Å². The summed E-state index contributed by atoms with van der Waals surface area (Å²) in [4.78, 5) is 0. The highest BCUT2D eigenvalue weighted by molar-refractivity contribution is 4.78. The molecule has 0 radical (unpaired) electrons. The molecule has 0 spiro atoms. The van der Waals surface area contributed by atoms with Crippen LogP contribution in [0.15, 0.2) is 12.1 Å². The fourth-order valence-corrected chi connectivity index (χ4v) is 0. The van der Waals surface area contributed by atoms with Crippen molar-refractivity contribution in [3.05, 3.63) is 12.1 Å². The van der Waals surface area contributed by atoms with E-state index in [1.807, 2.05) is 0 Å². The molecule has 0 amide bonds. The number of hydrogen-bond donors (Lipinski definition) is 0. The zero-order chi connectivity index (χ0) is 6.73. The van der Waals surface area contributed by atoms with Gasteiger partial charge in [-0.1, -0.05) is 5.57 Å². The van der Waals surface area contributed by atoms with E-state index in [4.69, 9.17) is 5.48 Å². The minimum absolute atomic E-state index is 0.185.